The summed E-state index contributed by atoms with van der Waals surface area (Å²) in [6, 6.07) is 44.8. The van der Waals surface area contributed by atoms with Crippen LogP contribution in [0, 0.1) is 11.8 Å². The van der Waals surface area contributed by atoms with E-state index in [0.717, 1.165) is 72.7 Å². The lowest BCUT2D eigenvalue weighted by atomic mass is 9.79. The maximum absolute atomic E-state index is 6.82. The van der Waals surface area contributed by atoms with Crippen molar-refractivity contribution >= 4 is 16.9 Å². The highest BCUT2D eigenvalue weighted by molar-refractivity contribution is 5.88. The molecule has 3 aliphatic rings. The monoisotopic (exact) mass is 665 g/mol. The molecule has 2 aliphatic carbocycles. The van der Waals surface area contributed by atoms with Crippen LogP contribution in [0.15, 0.2) is 173 Å². The Balaban J connectivity index is 1.10. The maximum atomic E-state index is 6.82. The molecule has 2 nitrogen and oxygen atoms in total. The minimum atomic E-state index is 0.535. The summed E-state index contributed by atoms with van der Waals surface area (Å²) in [5.74, 6) is 5.07. The summed E-state index contributed by atoms with van der Waals surface area (Å²) in [7, 11) is 0. The summed E-state index contributed by atoms with van der Waals surface area (Å²) >= 11 is 0. The zero-order valence-electron chi connectivity index (χ0n) is 29.6. The summed E-state index contributed by atoms with van der Waals surface area (Å²) in [6.07, 6.45) is 15.2. The lowest BCUT2D eigenvalue weighted by Crippen LogP contribution is -2.16. The number of rotatable bonds is 8. The zero-order chi connectivity index (χ0) is 34.6. The van der Waals surface area contributed by atoms with Crippen LogP contribution in [0.4, 0.5) is 0 Å². The average Bonchev–Trinajstić information content (AvgIpc) is 3.18. The fourth-order valence-electron chi connectivity index (χ4n) is 7.99. The smallest absolute Gasteiger partial charge is 0.361 e. The molecule has 51 heavy (non-hydrogen) atoms. The van der Waals surface area contributed by atoms with Crippen molar-refractivity contribution in [2.45, 2.75) is 52.4 Å². The Bertz CT molecular complexity index is 2170. The SMILES string of the molecule is CC1CC(CCC=CC=C2CC(C)Cc3c(-c4ccccc4)cc(-c4ccccc4)[o+]c32)=C2OC(c3ccccc3)=CC(c3ccccc3)=C2C1. The second-order valence-corrected chi connectivity index (χ2v) is 14.4. The van der Waals surface area contributed by atoms with Crippen molar-refractivity contribution in [3.8, 4) is 22.5 Å². The van der Waals surface area contributed by atoms with Crippen LogP contribution in [0.3, 0.4) is 0 Å². The van der Waals surface area contributed by atoms with E-state index in [4.69, 9.17) is 9.15 Å². The van der Waals surface area contributed by atoms with Crippen LogP contribution in [0.1, 0.15) is 68.4 Å². The molecule has 5 aromatic rings. The normalized spacial score (nSPS) is 19.5. The van der Waals surface area contributed by atoms with Gasteiger partial charge in [-0.15, -0.1) is 0 Å². The molecule has 2 heteroatoms. The van der Waals surface area contributed by atoms with Gasteiger partial charge in [-0.3, -0.25) is 0 Å². The predicted molar refractivity (Wildman–Crippen MR) is 212 cm³/mol. The lowest BCUT2D eigenvalue weighted by Gasteiger charge is -2.32. The van der Waals surface area contributed by atoms with E-state index in [1.54, 1.807) is 0 Å². The molecule has 4 aromatic carbocycles. The molecule has 2 atom stereocenters. The van der Waals surface area contributed by atoms with Gasteiger partial charge >= 0.3 is 11.5 Å². The maximum Gasteiger partial charge on any atom is 0.361 e. The van der Waals surface area contributed by atoms with Crippen molar-refractivity contribution in [1.82, 2.24) is 0 Å². The number of ether oxygens (including phenoxy) is 1. The molecule has 1 aliphatic heterocycles. The van der Waals surface area contributed by atoms with Crippen molar-refractivity contribution < 1.29 is 9.15 Å². The molecule has 0 radical (unpaired) electrons. The Morgan fingerprint density at radius 3 is 1.96 bits per heavy atom. The van der Waals surface area contributed by atoms with E-state index < -0.39 is 0 Å². The Morgan fingerprint density at radius 1 is 0.667 bits per heavy atom. The number of allylic oxidation sites excluding steroid dienone is 8. The van der Waals surface area contributed by atoms with Crippen molar-refractivity contribution in [3.05, 3.63) is 191 Å². The lowest BCUT2D eigenvalue weighted by molar-refractivity contribution is 0.351. The molecule has 0 spiro atoms. The Morgan fingerprint density at radius 2 is 1.27 bits per heavy atom. The third kappa shape index (κ3) is 7.10. The van der Waals surface area contributed by atoms with Gasteiger partial charge in [0.15, 0.2) is 0 Å². The number of fused-ring (bicyclic) bond motifs is 2. The first-order chi connectivity index (χ1) is 25.1. The fraction of sp³-hybridized carbons (Fsp3) is 0.204. The molecule has 0 fully saturated rings. The summed E-state index contributed by atoms with van der Waals surface area (Å²) in [5.41, 5.74) is 12.6. The van der Waals surface area contributed by atoms with Crippen LogP contribution in [0.25, 0.3) is 39.4 Å². The van der Waals surface area contributed by atoms with E-state index in [9.17, 15) is 0 Å². The van der Waals surface area contributed by atoms with Crippen LogP contribution >= 0.6 is 0 Å². The van der Waals surface area contributed by atoms with Crippen LogP contribution in [-0.4, -0.2) is 0 Å². The van der Waals surface area contributed by atoms with Gasteiger partial charge in [-0.25, -0.2) is 4.42 Å². The Kier molecular flexibility index (Phi) is 9.49. The molecule has 0 N–H and O–H groups in total. The second kappa shape index (κ2) is 14.8. The Labute approximate surface area is 302 Å². The highest BCUT2D eigenvalue weighted by Gasteiger charge is 2.34. The summed E-state index contributed by atoms with van der Waals surface area (Å²) in [4.78, 5) is 0. The molecule has 0 saturated carbocycles. The van der Waals surface area contributed by atoms with Crippen LogP contribution in [0.2, 0.25) is 0 Å². The average molecular weight is 666 g/mol. The van der Waals surface area contributed by atoms with Gasteiger partial charge in [0.1, 0.15) is 11.5 Å². The zero-order valence-corrected chi connectivity index (χ0v) is 29.6. The standard InChI is InChI=1S/C49H45O2/c1-34-28-40(48-44(30-34)42(36-18-8-3-9-19-36)32-46(50-48)38-22-12-5-13-23-38)26-16-7-17-27-41-29-35(2)31-45-43(37-20-10-4-11-21-37)33-47(51-49(41)45)39-24-14-6-15-25-39/h3-16,18-26,32-35H,17,27-31H2,1-2H3/q+1. The quantitative estimate of drug-likeness (QED) is 0.154. The van der Waals surface area contributed by atoms with E-state index in [1.807, 2.05) is 0 Å². The molecule has 2 unspecified atom stereocenters. The van der Waals surface area contributed by atoms with Gasteiger partial charge in [0, 0.05) is 16.7 Å². The van der Waals surface area contributed by atoms with Gasteiger partial charge in [-0.2, -0.15) is 0 Å². The minimum absolute atomic E-state index is 0.535. The molecule has 1 aromatic heterocycles. The number of hydrogen-bond donors (Lipinski definition) is 0. The largest absolute Gasteiger partial charge is 0.456 e. The first kappa shape index (κ1) is 32.7. The number of benzene rings is 4. The van der Waals surface area contributed by atoms with E-state index in [2.05, 4.69) is 166 Å². The summed E-state index contributed by atoms with van der Waals surface area (Å²) < 4.78 is 13.6. The van der Waals surface area contributed by atoms with Crippen LogP contribution in [-0.2, 0) is 11.2 Å². The van der Waals surface area contributed by atoms with E-state index in [0.29, 0.717) is 11.8 Å². The fourth-order valence-corrected chi connectivity index (χ4v) is 7.99. The van der Waals surface area contributed by atoms with Gasteiger partial charge < -0.3 is 4.74 Å². The van der Waals surface area contributed by atoms with Crippen molar-refractivity contribution in [2.75, 3.05) is 0 Å². The first-order valence-corrected chi connectivity index (χ1v) is 18.5. The highest BCUT2D eigenvalue weighted by Crippen LogP contribution is 2.46. The Hall–Kier alpha value is -5.47. The van der Waals surface area contributed by atoms with Crippen LogP contribution < -0.4 is 0 Å². The van der Waals surface area contributed by atoms with E-state index in [1.165, 1.54) is 44.5 Å². The van der Waals surface area contributed by atoms with E-state index >= 15 is 0 Å². The van der Waals surface area contributed by atoms with Gasteiger partial charge in [0.2, 0.25) is 0 Å². The molecule has 0 saturated heterocycles. The van der Waals surface area contributed by atoms with Gasteiger partial charge in [-0.1, -0.05) is 135 Å². The first-order valence-electron chi connectivity index (χ1n) is 18.5. The minimum Gasteiger partial charge on any atom is -0.456 e. The second-order valence-electron chi connectivity index (χ2n) is 14.4. The predicted octanol–water partition coefficient (Wildman–Crippen LogP) is 13.4. The van der Waals surface area contributed by atoms with Gasteiger partial charge in [0.05, 0.1) is 22.8 Å². The van der Waals surface area contributed by atoms with Crippen LogP contribution in [0.5, 0.6) is 0 Å². The number of hydrogen-bond acceptors (Lipinski definition) is 1. The van der Waals surface area contributed by atoms with Crippen molar-refractivity contribution in [2.24, 2.45) is 11.8 Å². The third-order valence-electron chi connectivity index (χ3n) is 10.4. The molecular formula is C49H45O2+. The van der Waals surface area contributed by atoms with Gasteiger partial charge in [-0.05, 0) is 96.9 Å². The van der Waals surface area contributed by atoms with Crippen molar-refractivity contribution in [3.63, 3.8) is 0 Å². The topological polar surface area (TPSA) is 20.5 Å². The van der Waals surface area contributed by atoms with E-state index in [-0.39, 0.29) is 0 Å². The van der Waals surface area contributed by atoms with Gasteiger partial charge in [0.25, 0.3) is 0 Å². The van der Waals surface area contributed by atoms with Crippen molar-refractivity contribution in [1.29, 1.82) is 0 Å². The third-order valence-corrected chi connectivity index (χ3v) is 10.4. The molecule has 2 heterocycles. The molecule has 8 rings (SSSR count). The molecular weight excluding hydrogens is 621 g/mol. The highest BCUT2D eigenvalue weighted by atomic mass is 16.5. The molecule has 0 bridgehead atoms. The molecule has 252 valence electrons. The summed E-state index contributed by atoms with van der Waals surface area (Å²) in [5, 5.41) is 0. The summed E-state index contributed by atoms with van der Waals surface area (Å²) in [6.45, 7) is 4.73. The molecule has 0 amide bonds.